The number of carbonyl (C=O) groups excluding carboxylic acids is 1. The Labute approximate surface area is 139 Å². The molecule has 0 heterocycles. The molecule has 2 aromatic carbocycles. The summed E-state index contributed by atoms with van der Waals surface area (Å²) >= 11 is 4.62. The van der Waals surface area contributed by atoms with Gasteiger partial charge in [0.05, 0.1) is 7.11 Å². The number of methoxy groups -OCH3 is 1. The summed E-state index contributed by atoms with van der Waals surface area (Å²) in [5.74, 6) is 0.749. The van der Waals surface area contributed by atoms with Gasteiger partial charge in [0.25, 0.3) is 0 Å². The Morgan fingerprint density at radius 1 is 1.11 bits per heavy atom. The molecule has 0 unspecified atom stereocenters. The van der Waals surface area contributed by atoms with E-state index in [0.29, 0.717) is 11.3 Å². The maximum absolute atomic E-state index is 11.6. The Morgan fingerprint density at radius 3 is 2.26 bits per heavy atom. The minimum absolute atomic E-state index is 0.0427. The zero-order chi connectivity index (χ0) is 14.0. The Balaban J connectivity index is 2.68. The molecule has 0 amide bonds. The van der Waals surface area contributed by atoms with Crippen molar-refractivity contribution in [1.82, 2.24) is 0 Å². The molecule has 2 nitrogen and oxygen atoms in total. The first-order valence-electron chi connectivity index (χ1n) is 5.67. The molecule has 0 aliphatic carbocycles. The molecular formula is C15H12I2O2. The summed E-state index contributed by atoms with van der Waals surface area (Å²) in [4.78, 5) is 11.6. The quantitative estimate of drug-likeness (QED) is 0.470. The highest BCUT2D eigenvalue weighted by molar-refractivity contribution is 14.1. The minimum Gasteiger partial charge on any atom is -0.497 e. The molecule has 0 N–H and O–H groups in total. The van der Waals surface area contributed by atoms with Gasteiger partial charge in [0.1, 0.15) is 5.75 Å². The summed E-state index contributed by atoms with van der Waals surface area (Å²) in [6, 6.07) is 11.8. The van der Waals surface area contributed by atoms with E-state index in [-0.39, 0.29) is 5.78 Å². The van der Waals surface area contributed by atoms with Crippen molar-refractivity contribution in [3.63, 3.8) is 0 Å². The molecule has 0 fully saturated rings. The van der Waals surface area contributed by atoms with Crippen molar-refractivity contribution in [3.8, 4) is 16.9 Å². The number of hydrogen-bond donors (Lipinski definition) is 0. The van der Waals surface area contributed by atoms with Crippen LogP contribution in [-0.2, 0) is 0 Å². The smallest absolute Gasteiger partial charge is 0.159 e. The molecule has 0 aliphatic rings. The molecule has 0 bridgehead atoms. The predicted molar refractivity (Wildman–Crippen MR) is 93.9 cm³/mol. The first-order chi connectivity index (χ1) is 9.02. The van der Waals surface area contributed by atoms with Gasteiger partial charge in [-0.2, -0.15) is 0 Å². The van der Waals surface area contributed by atoms with Crippen LogP contribution in [0.25, 0.3) is 11.1 Å². The third-order valence-corrected chi connectivity index (χ3v) is 4.60. The van der Waals surface area contributed by atoms with Gasteiger partial charge in [0.15, 0.2) is 5.78 Å². The molecule has 19 heavy (non-hydrogen) atoms. The highest BCUT2D eigenvalue weighted by atomic mass is 127. The largest absolute Gasteiger partial charge is 0.497 e. The zero-order valence-corrected chi connectivity index (χ0v) is 14.9. The van der Waals surface area contributed by atoms with E-state index in [0.717, 1.165) is 18.3 Å². The van der Waals surface area contributed by atoms with Gasteiger partial charge in [0.2, 0.25) is 0 Å². The summed E-state index contributed by atoms with van der Waals surface area (Å²) in [5, 5.41) is 0. The number of ketones is 1. The second-order valence-electron chi connectivity index (χ2n) is 4.10. The maximum Gasteiger partial charge on any atom is 0.159 e. The Bertz CT molecular complexity index is 616. The van der Waals surface area contributed by atoms with Crippen LogP contribution in [0, 0.1) is 7.14 Å². The predicted octanol–water partition coefficient (Wildman–Crippen LogP) is 4.77. The normalized spacial score (nSPS) is 10.3. The van der Waals surface area contributed by atoms with Crippen molar-refractivity contribution < 1.29 is 9.53 Å². The average Bonchev–Trinajstić information content (AvgIpc) is 2.38. The number of hydrogen-bond acceptors (Lipinski definition) is 2. The van der Waals surface area contributed by atoms with Gasteiger partial charge in [-0.15, -0.1) is 0 Å². The van der Waals surface area contributed by atoms with Crippen molar-refractivity contribution in [3.05, 3.63) is 49.1 Å². The fourth-order valence-electron chi connectivity index (χ4n) is 1.84. The van der Waals surface area contributed by atoms with Crippen molar-refractivity contribution in [1.29, 1.82) is 0 Å². The first kappa shape index (κ1) is 14.8. The number of ether oxygens (including phenoxy) is 1. The molecule has 0 radical (unpaired) electrons. The molecule has 4 heteroatoms. The molecule has 0 aliphatic heterocycles. The van der Waals surface area contributed by atoms with Gasteiger partial charge < -0.3 is 4.74 Å². The van der Waals surface area contributed by atoms with Gasteiger partial charge in [-0.1, -0.05) is 6.07 Å². The van der Waals surface area contributed by atoms with Crippen LogP contribution < -0.4 is 4.74 Å². The van der Waals surface area contributed by atoms with E-state index in [9.17, 15) is 4.79 Å². The number of benzene rings is 2. The zero-order valence-electron chi connectivity index (χ0n) is 10.5. The lowest BCUT2D eigenvalue weighted by molar-refractivity contribution is 0.101. The lowest BCUT2D eigenvalue weighted by Gasteiger charge is -2.11. The number of carbonyl (C=O) groups is 1. The van der Waals surface area contributed by atoms with Crippen LogP contribution in [-0.4, -0.2) is 12.9 Å². The van der Waals surface area contributed by atoms with E-state index in [2.05, 4.69) is 57.3 Å². The molecule has 98 valence electrons. The van der Waals surface area contributed by atoms with Gasteiger partial charge in [-0.05, 0) is 88.0 Å². The standard InChI is InChI=1S/C15H12I2O2/c1-9(18)10-6-11(8-12(7-10)19-2)15-13(16)4-3-5-14(15)17/h3-8H,1-2H3. The monoisotopic (exact) mass is 478 g/mol. The highest BCUT2D eigenvalue weighted by Crippen LogP contribution is 2.33. The Kier molecular flexibility index (Phi) is 4.83. The van der Waals surface area contributed by atoms with Gasteiger partial charge in [-0.25, -0.2) is 0 Å². The van der Waals surface area contributed by atoms with E-state index in [1.54, 1.807) is 20.1 Å². The van der Waals surface area contributed by atoms with E-state index >= 15 is 0 Å². The third-order valence-electron chi connectivity index (χ3n) is 2.80. The van der Waals surface area contributed by atoms with Gasteiger partial charge in [0, 0.05) is 18.3 Å². The lowest BCUT2D eigenvalue weighted by Crippen LogP contribution is -1.96. The molecule has 2 aromatic rings. The van der Waals surface area contributed by atoms with Gasteiger partial charge in [-0.3, -0.25) is 4.79 Å². The average molecular weight is 478 g/mol. The molecule has 2 rings (SSSR count). The van der Waals surface area contributed by atoms with Crippen molar-refractivity contribution in [2.24, 2.45) is 0 Å². The van der Waals surface area contributed by atoms with E-state index in [4.69, 9.17) is 4.74 Å². The van der Waals surface area contributed by atoms with Gasteiger partial charge >= 0.3 is 0 Å². The van der Waals surface area contributed by atoms with Crippen LogP contribution in [0.4, 0.5) is 0 Å². The summed E-state index contributed by atoms with van der Waals surface area (Å²) < 4.78 is 7.61. The fourth-order valence-corrected chi connectivity index (χ4v) is 3.97. The van der Waals surface area contributed by atoms with E-state index < -0.39 is 0 Å². The number of rotatable bonds is 3. The molecular weight excluding hydrogens is 466 g/mol. The molecule has 0 spiro atoms. The topological polar surface area (TPSA) is 26.3 Å². The van der Waals surface area contributed by atoms with Crippen LogP contribution >= 0.6 is 45.2 Å². The SMILES string of the molecule is COc1cc(C(C)=O)cc(-c2c(I)cccc2I)c1. The van der Waals surface area contributed by atoms with E-state index in [1.807, 2.05) is 18.2 Å². The second kappa shape index (κ2) is 6.21. The number of halogens is 2. The molecule has 0 saturated heterocycles. The fraction of sp³-hybridized carbons (Fsp3) is 0.133. The van der Waals surface area contributed by atoms with Crippen LogP contribution in [0.5, 0.6) is 5.75 Å². The number of Topliss-reactive ketones (excluding diaryl/α,β-unsaturated/α-hetero) is 1. The summed E-state index contributed by atoms with van der Waals surface area (Å²) in [6.45, 7) is 1.57. The molecule has 0 atom stereocenters. The highest BCUT2D eigenvalue weighted by Gasteiger charge is 2.11. The summed E-state index contributed by atoms with van der Waals surface area (Å²) in [6.07, 6.45) is 0. The second-order valence-corrected chi connectivity index (χ2v) is 6.43. The van der Waals surface area contributed by atoms with Crippen molar-refractivity contribution in [2.45, 2.75) is 6.92 Å². The van der Waals surface area contributed by atoms with Crippen LogP contribution in [0.15, 0.2) is 36.4 Å². The Morgan fingerprint density at radius 2 is 1.74 bits per heavy atom. The first-order valence-corrected chi connectivity index (χ1v) is 7.83. The van der Waals surface area contributed by atoms with Crippen LogP contribution in [0.3, 0.4) is 0 Å². The maximum atomic E-state index is 11.6. The molecule has 0 aromatic heterocycles. The minimum atomic E-state index is 0.0427. The van der Waals surface area contributed by atoms with E-state index in [1.165, 1.54) is 0 Å². The van der Waals surface area contributed by atoms with Crippen LogP contribution in [0.2, 0.25) is 0 Å². The molecule has 0 saturated carbocycles. The summed E-state index contributed by atoms with van der Waals surface area (Å²) in [5.41, 5.74) is 2.83. The lowest BCUT2D eigenvalue weighted by atomic mass is 10.0. The van der Waals surface area contributed by atoms with Crippen molar-refractivity contribution in [2.75, 3.05) is 7.11 Å². The summed E-state index contributed by atoms with van der Waals surface area (Å²) in [7, 11) is 1.62. The van der Waals surface area contributed by atoms with Crippen molar-refractivity contribution >= 4 is 51.0 Å². The van der Waals surface area contributed by atoms with Crippen LogP contribution in [0.1, 0.15) is 17.3 Å². The Hall–Kier alpha value is -0.630. The third kappa shape index (κ3) is 3.28.